The monoisotopic (exact) mass is 142 g/mol. The van der Waals surface area contributed by atoms with Crippen LogP contribution in [0.15, 0.2) is 5.10 Å². The minimum atomic E-state index is -0.454. The molecule has 0 N–H and O–H groups in total. The molecule has 1 heterocycles. The molecule has 4 nitrogen and oxygen atoms in total. The Morgan fingerprint density at radius 3 is 2.50 bits per heavy atom. The fourth-order valence-corrected chi connectivity index (χ4v) is 0.958. The van der Waals surface area contributed by atoms with Crippen LogP contribution in [-0.4, -0.2) is 36.9 Å². The van der Waals surface area contributed by atoms with Crippen molar-refractivity contribution in [1.82, 2.24) is 5.01 Å². The Morgan fingerprint density at radius 1 is 1.70 bits per heavy atom. The molecule has 1 rings (SSSR count). The first-order valence-corrected chi connectivity index (χ1v) is 3.02. The summed E-state index contributed by atoms with van der Waals surface area (Å²) in [7, 11) is 3.12. The Hall–Kier alpha value is -0.900. The van der Waals surface area contributed by atoms with E-state index in [2.05, 4.69) is 5.10 Å². The average Bonchev–Trinajstić information content (AvgIpc) is 2.09. The first-order valence-electron chi connectivity index (χ1n) is 3.02. The molecule has 0 bridgehead atoms. The van der Waals surface area contributed by atoms with Crippen molar-refractivity contribution in [2.75, 3.05) is 14.2 Å². The quantitative estimate of drug-likeness (QED) is 0.511. The second-order valence-corrected chi connectivity index (χ2v) is 2.22. The highest BCUT2D eigenvalue weighted by molar-refractivity contribution is 6.09. The Morgan fingerprint density at radius 2 is 2.30 bits per heavy atom. The fraction of sp³-hybridized carbons (Fsp3) is 0.667. The van der Waals surface area contributed by atoms with E-state index in [4.69, 9.17) is 4.74 Å². The van der Waals surface area contributed by atoms with E-state index in [-0.39, 0.29) is 5.91 Å². The number of methoxy groups -OCH3 is 1. The molecule has 1 atom stereocenters. The van der Waals surface area contributed by atoms with Gasteiger partial charge in [0.25, 0.3) is 5.91 Å². The Kier molecular flexibility index (Phi) is 1.72. The van der Waals surface area contributed by atoms with Gasteiger partial charge in [0.15, 0.2) is 6.10 Å². The van der Waals surface area contributed by atoms with E-state index >= 15 is 0 Å². The average molecular weight is 142 g/mol. The molecule has 0 radical (unpaired) electrons. The van der Waals surface area contributed by atoms with E-state index in [0.717, 1.165) is 5.71 Å². The minimum absolute atomic E-state index is 0.0972. The topological polar surface area (TPSA) is 41.9 Å². The largest absolute Gasteiger partial charge is 0.365 e. The van der Waals surface area contributed by atoms with Crippen LogP contribution in [0.4, 0.5) is 0 Å². The second-order valence-electron chi connectivity index (χ2n) is 2.22. The van der Waals surface area contributed by atoms with Crippen molar-refractivity contribution in [3.63, 3.8) is 0 Å². The van der Waals surface area contributed by atoms with Gasteiger partial charge in [0.2, 0.25) is 0 Å². The molecule has 56 valence electrons. The first-order chi connectivity index (χ1) is 4.66. The fourth-order valence-electron chi connectivity index (χ4n) is 0.958. The van der Waals surface area contributed by atoms with Gasteiger partial charge in [-0.2, -0.15) is 5.10 Å². The van der Waals surface area contributed by atoms with Crippen molar-refractivity contribution in [2.24, 2.45) is 5.10 Å². The van der Waals surface area contributed by atoms with Gasteiger partial charge in [-0.3, -0.25) is 4.79 Å². The van der Waals surface area contributed by atoms with E-state index in [0.29, 0.717) is 0 Å². The van der Waals surface area contributed by atoms with Crippen LogP contribution < -0.4 is 0 Å². The number of hydrazone groups is 1. The number of hydrogen-bond donors (Lipinski definition) is 0. The van der Waals surface area contributed by atoms with Crippen LogP contribution in [-0.2, 0) is 9.53 Å². The molecule has 0 saturated carbocycles. The molecule has 1 amide bonds. The van der Waals surface area contributed by atoms with Crippen molar-refractivity contribution < 1.29 is 9.53 Å². The number of rotatable bonds is 1. The lowest BCUT2D eigenvalue weighted by atomic mass is 10.2. The maximum Gasteiger partial charge on any atom is 0.277 e. The molecule has 0 spiro atoms. The van der Waals surface area contributed by atoms with Crippen LogP contribution in [0.3, 0.4) is 0 Å². The van der Waals surface area contributed by atoms with Crippen molar-refractivity contribution in [2.45, 2.75) is 13.0 Å². The zero-order chi connectivity index (χ0) is 7.72. The van der Waals surface area contributed by atoms with Gasteiger partial charge in [-0.05, 0) is 6.92 Å². The molecule has 0 aromatic carbocycles. The lowest BCUT2D eigenvalue weighted by Gasteiger charge is -2.06. The van der Waals surface area contributed by atoms with Gasteiger partial charge in [-0.1, -0.05) is 0 Å². The van der Waals surface area contributed by atoms with Gasteiger partial charge in [-0.15, -0.1) is 0 Å². The molecule has 1 unspecified atom stereocenters. The Bertz CT molecular complexity index is 188. The van der Waals surface area contributed by atoms with Crippen molar-refractivity contribution >= 4 is 11.6 Å². The number of ether oxygens (including phenoxy) is 1. The summed E-state index contributed by atoms with van der Waals surface area (Å²) >= 11 is 0. The van der Waals surface area contributed by atoms with Crippen molar-refractivity contribution in [1.29, 1.82) is 0 Å². The van der Waals surface area contributed by atoms with Gasteiger partial charge >= 0.3 is 0 Å². The maximum absolute atomic E-state index is 11.0. The summed E-state index contributed by atoms with van der Waals surface area (Å²) in [6.07, 6.45) is -0.454. The molecule has 0 aromatic rings. The molecule has 10 heavy (non-hydrogen) atoms. The molecule has 0 saturated heterocycles. The van der Waals surface area contributed by atoms with Crippen molar-refractivity contribution in [3.8, 4) is 0 Å². The molecule has 0 aromatic heterocycles. The summed E-state index contributed by atoms with van der Waals surface area (Å²) in [6, 6.07) is 0. The maximum atomic E-state index is 11.0. The number of nitrogens with zero attached hydrogens (tertiary/aromatic N) is 2. The number of likely N-dealkylation sites (N-methyl/N-ethyl adjacent to an activating group) is 1. The van der Waals surface area contributed by atoms with Gasteiger partial charge in [-0.25, -0.2) is 5.01 Å². The van der Waals surface area contributed by atoms with Crippen LogP contribution in [0, 0.1) is 0 Å². The third kappa shape index (κ3) is 0.903. The summed E-state index contributed by atoms with van der Waals surface area (Å²) in [4.78, 5) is 11.0. The van der Waals surface area contributed by atoms with Gasteiger partial charge in [0, 0.05) is 14.2 Å². The third-order valence-corrected chi connectivity index (χ3v) is 1.47. The normalized spacial score (nSPS) is 25.5. The zero-order valence-corrected chi connectivity index (χ0v) is 6.29. The molecule has 0 aliphatic carbocycles. The number of carbonyl (C=O) groups excluding carboxylic acids is 1. The minimum Gasteiger partial charge on any atom is -0.365 e. The molecule has 0 fully saturated rings. The highest BCUT2D eigenvalue weighted by Crippen LogP contribution is 2.08. The standard InChI is InChI=1S/C6H10N2O2/c1-4-5(10-3)6(9)8(2)7-4/h5H,1-3H3. The highest BCUT2D eigenvalue weighted by atomic mass is 16.5. The smallest absolute Gasteiger partial charge is 0.277 e. The summed E-state index contributed by atoms with van der Waals surface area (Å²) < 4.78 is 4.88. The van der Waals surface area contributed by atoms with Gasteiger partial charge in [0.1, 0.15) is 0 Å². The van der Waals surface area contributed by atoms with Gasteiger partial charge < -0.3 is 4.74 Å². The number of amides is 1. The second kappa shape index (κ2) is 2.38. The van der Waals surface area contributed by atoms with Crippen LogP contribution in [0.5, 0.6) is 0 Å². The van der Waals surface area contributed by atoms with Gasteiger partial charge in [0.05, 0.1) is 5.71 Å². The summed E-state index contributed by atoms with van der Waals surface area (Å²) in [5, 5.41) is 5.19. The predicted octanol–water partition coefficient (Wildman–Crippen LogP) is -0.151. The summed E-state index contributed by atoms with van der Waals surface area (Å²) in [6.45, 7) is 1.77. The predicted molar refractivity (Wildman–Crippen MR) is 36.7 cm³/mol. The molecule has 4 heteroatoms. The lowest BCUT2D eigenvalue weighted by molar-refractivity contribution is -0.134. The third-order valence-electron chi connectivity index (χ3n) is 1.47. The van der Waals surface area contributed by atoms with E-state index in [9.17, 15) is 4.79 Å². The molecule has 1 aliphatic heterocycles. The highest BCUT2D eigenvalue weighted by Gasteiger charge is 2.30. The van der Waals surface area contributed by atoms with Crippen LogP contribution in [0.2, 0.25) is 0 Å². The van der Waals surface area contributed by atoms with E-state index < -0.39 is 6.10 Å². The molecule has 1 aliphatic rings. The first kappa shape index (κ1) is 7.21. The SMILES string of the molecule is COC1C(=O)N(C)N=C1C. The Labute approximate surface area is 59.5 Å². The van der Waals surface area contributed by atoms with Crippen LogP contribution in [0.25, 0.3) is 0 Å². The summed E-state index contributed by atoms with van der Waals surface area (Å²) in [5.74, 6) is -0.0972. The van der Waals surface area contributed by atoms with E-state index in [1.807, 2.05) is 0 Å². The molecular formula is C6H10N2O2. The molecular weight excluding hydrogens is 132 g/mol. The lowest BCUT2D eigenvalue weighted by Crippen LogP contribution is -2.30. The van der Waals surface area contributed by atoms with E-state index in [1.165, 1.54) is 12.1 Å². The number of hydrogen-bond acceptors (Lipinski definition) is 3. The van der Waals surface area contributed by atoms with Crippen LogP contribution >= 0.6 is 0 Å². The number of carbonyl (C=O) groups is 1. The Balaban J connectivity index is 2.78. The summed E-state index contributed by atoms with van der Waals surface area (Å²) in [5.41, 5.74) is 0.718. The zero-order valence-electron chi connectivity index (χ0n) is 6.29. The van der Waals surface area contributed by atoms with Crippen molar-refractivity contribution in [3.05, 3.63) is 0 Å². The van der Waals surface area contributed by atoms with E-state index in [1.54, 1.807) is 14.0 Å². The van der Waals surface area contributed by atoms with Crippen LogP contribution in [0.1, 0.15) is 6.92 Å².